The highest BCUT2D eigenvalue weighted by molar-refractivity contribution is 7.09. The van der Waals surface area contributed by atoms with Crippen molar-refractivity contribution in [3.8, 4) is 0 Å². The predicted octanol–water partition coefficient (Wildman–Crippen LogP) is 3.17. The van der Waals surface area contributed by atoms with Crippen LogP contribution >= 0.6 is 11.3 Å². The van der Waals surface area contributed by atoms with Crippen molar-refractivity contribution in [2.45, 2.75) is 31.7 Å². The largest absolute Gasteiger partial charge is 0.396 e. The molecule has 1 fully saturated rings. The van der Waals surface area contributed by atoms with Crippen LogP contribution in [0.5, 0.6) is 0 Å². The average molecular weight is 274 g/mol. The van der Waals surface area contributed by atoms with E-state index < -0.39 is 0 Å². The minimum Gasteiger partial charge on any atom is -0.396 e. The summed E-state index contributed by atoms with van der Waals surface area (Å²) in [6.45, 7) is 0.984. The molecule has 1 saturated carbocycles. The molecule has 3 rings (SSSR count). The van der Waals surface area contributed by atoms with E-state index in [9.17, 15) is 0 Å². The lowest BCUT2D eigenvalue weighted by atomic mass is 10.1. The van der Waals surface area contributed by atoms with Crippen molar-refractivity contribution in [3.63, 3.8) is 0 Å². The second-order valence-electron chi connectivity index (χ2n) is 4.98. The molecule has 0 amide bonds. The molecule has 1 aromatic heterocycles. The molecule has 0 radical (unpaired) electrons. The number of aromatic nitrogens is 1. The molecule has 1 aliphatic rings. The minimum atomic E-state index is 0.204. The Hall–Kier alpha value is -1.39. The van der Waals surface area contributed by atoms with Gasteiger partial charge in [-0.25, -0.2) is 4.98 Å². The van der Waals surface area contributed by atoms with Gasteiger partial charge >= 0.3 is 0 Å². The lowest BCUT2D eigenvalue weighted by molar-refractivity contribution is 0.299. The average Bonchev–Trinajstić information content (AvgIpc) is 3.18. The van der Waals surface area contributed by atoms with Gasteiger partial charge < -0.3 is 10.4 Å². The van der Waals surface area contributed by atoms with E-state index in [2.05, 4.69) is 39.9 Å². The molecule has 3 nitrogen and oxygen atoms in total. The van der Waals surface area contributed by atoms with E-state index in [1.54, 1.807) is 11.3 Å². The summed E-state index contributed by atoms with van der Waals surface area (Å²) in [4.78, 5) is 4.66. The van der Waals surface area contributed by atoms with Crippen LogP contribution in [0.15, 0.2) is 29.6 Å². The number of aliphatic hydroxyl groups is 1. The first kappa shape index (κ1) is 12.6. The van der Waals surface area contributed by atoms with Crippen molar-refractivity contribution < 1.29 is 5.11 Å². The molecule has 0 spiro atoms. The Morgan fingerprint density at radius 1 is 1.26 bits per heavy atom. The zero-order valence-corrected chi connectivity index (χ0v) is 11.6. The summed E-state index contributed by atoms with van der Waals surface area (Å²) in [7, 11) is 0. The Morgan fingerprint density at radius 2 is 2.05 bits per heavy atom. The fraction of sp³-hybridized carbons (Fsp3) is 0.400. The fourth-order valence-electron chi connectivity index (χ4n) is 2.03. The highest BCUT2D eigenvalue weighted by atomic mass is 32.1. The monoisotopic (exact) mass is 274 g/mol. The van der Waals surface area contributed by atoms with Crippen molar-refractivity contribution in [1.82, 2.24) is 4.98 Å². The van der Waals surface area contributed by atoms with Crippen LogP contribution in [-0.4, -0.2) is 16.7 Å². The maximum absolute atomic E-state index is 8.87. The highest BCUT2D eigenvalue weighted by Gasteiger charge is 2.26. The molecule has 0 aliphatic heterocycles. The molecule has 2 aromatic rings. The van der Waals surface area contributed by atoms with Gasteiger partial charge in [-0.05, 0) is 37.0 Å². The van der Waals surface area contributed by atoms with Gasteiger partial charge in [-0.15, -0.1) is 11.3 Å². The summed E-state index contributed by atoms with van der Waals surface area (Å²) in [5, 5.41) is 15.7. The number of nitrogens with zero attached hydrogens (tertiary/aromatic N) is 1. The standard InChI is InChI=1S/C15H18N2OS/c18-8-7-11-1-5-13(6-2-11)16-9-14-10-19-15(17-14)12-3-4-12/h1-2,5-6,10,12,16,18H,3-4,7-9H2. The fourth-order valence-corrected chi connectivity index (χ4v) is 3.02. The third kappa shape index (κ3) is 3.33. The van der Waals surface area contributed by atoms with Crippen molar-refractivity contribution in [1.29, 1.82) is 0 Å². The first-order chi connectivity index (χ1) is 9.35. The van der Waals surface area contributed by atoms with Gasteiger partial charge in [0.25, 0.3) is 0 Å². The first-order valence-electron chi connectivity index (χ1n) is 6.73. The summed E-state index contributed by atoms with van der Waals surface area (Å²) < 4.78 is 0. The van der Waals surface area contributed by atoms with E-state index >= 15 is 0 Å². The summed E-state index contributed by atoms with van der Waals surface area (Å²) in [6.07, 6.45) is 3.34. The molecule has 0 unspecified atom stereocenters. The van der Waals surface area contributed by atoms with E-state index in [0.29, 0.717) is 0 Å². The van der Waals surface area contributed by atoms with Crippen molar-refractivity contribution in [3.05, 3.63) is 45.9 Å². The summed E-state index contributed by atoms with van der Waals surface area (Å²) in [5.41, 5.74) is 3.40. The summed E-state index contributed by atoms with van der Waals surface area (Å²) in [6, 6.07) is 8.21. The Labute approximate surface area is 117 Å². The van der Waals surface area contributed by atoms with E-state index in [0.717, 1.165) is 35.8 Å². The maximum atomic E-state index is 8.87. The van der Waals surface area contributed by atoms with E-state index in [1.807, 2.05) is 0 Å². The van der Waals surface area contributed by atoms with Crippen LogP contribution in [0.2, 0.25) is 0 Å². The zero-order valence-electron chi connectivity index (χ0n) is 10.8. The molecule has 1 heterocycles. The number of aliphatic hydroxyl groups excluding tert-OH is 1. The molecule has 0 atom stereocenters. The van der Waals surface area contributed by atoms with Crippen molar-refractivity contribution >= 4 is 17.0 Å². The molecular formula is C15H18N2OS. The zero-order chi connectivity index (χ0) is 13.1. The second kappa shape index (κ2) is 5.72. The molecule has 1 aromatic carbocycles. The van der Waals surface area contributed by atoms with Gasteiger partial charge in [-0.2, -0.15) is 0 Å². The number of thiazole rings is 1. The number of anilines is 1. The summed E-state index contributed by atoms with van der Waals surface area (Å²) >= 11 is 1.79. The van der Waals surface area contributed by atoms with E-state index in [-0.39, 0.29) is 6.61 Å². The van der Waals surface area contributed by atoms with Gasteiger partial charge in [0.1, 0.15) is 0 Å². The van der Waals surface area contributed by atoms with E-state index in [1.165, 1.54) is 17.8 Å². The highest BCUT2D eigenvalue weighted by Crippen LogP contribution is 2.41. The third-order valence-corrected chi connectivity index (χ3v) is 4.38. The van der Waals surface area contributed by atoms with Crippen LogP contribution < -0.4 is 5.32 Å². The van der Waals surface area contributed by atoms with Crippen molar-refractivity contribution in [2.75, 3.05) is 11.9 Å². The molecule has 2 N–H and O–H groups in total. The van der Waals surface area contributed by atoms with Crippen molar-refractivity contribution in [2.24, 2.45) is 0 Å². The summed E-state index contributed by atoms with van der Waals surface area (Å²) in [5.74, 6) is 0.747. The van der Waals surface area contributed by atoms with Gasteiger partial charge in [-0.3, -0.25) is 0 Å². The Kier molecular flexibility index (Phi) is 3.80. The quantitative estimate of drug-likeness (QED) is 0.850. The first-order valence-corrected chi connectivity index (χ1v) is 7.61. The van der Waals surface area contributed by atoms with Gasteiger partial charge in [0.15, 0.2) is 0 Å². The SMILES string of the molecule is OCCc1ccc(NCc2csc(C3CC3)n2)cc1. The smallest absolute Gasteiger partial charge is 0.0960 e. The maximum Gasteiger partial charge on any atom is 0.0960 e. The van der Waals surface area contributed by atoms with Gasteiger partial charge in [0.2, 0.25) is 0 Å². The number of hydrogen-bond acceptors (Lipinski definition) is 4. The van der Waals surface area contributed by atoms with E-state index in [4.69, 9.17) is 5.11 Å². The molecule has 19 heavy (non-hydrogen) atoms. The van der Waals surface area contributed by atoms with Crippen LogP contribution in [0.3, 0.4) is 0 Å². The second-order valence-corrected chi connectivity index (χ2v) is 5.87. The molecular weight excluding hydrogens is 256 g/mol. The Balaban J connectivity index is 1.55. The Morgan fingerprint density at radius 3 is 2.74 bits per heavy atom. The number of hydrogen-bond donors (Lipinski definition) is 2. The molecule has 0 saturated heterocycles. The van der Waals surface area contributed by atoms with Crippen LogP contribution in [0, 0.1) is 0 Å². The van der Waals surface area contributed by atoms with Gasteiger partial charge in [0.05, 0.1) is 17.2 Å². The third-order valence-electron chi connectivity index (χ3n) is 3.32. The normalized spacial score (nSPS) is 14.6. The number of benzene rings is 1. The number of rotatable bonds is 6. The van der Waals surface area contributed by atoms with Crippen LogP contribution in [0.25, 0.3) is 0 Å². The lowest BCUT2D eigenvalue weighted by Gasteiger charge is -2.05. The lowest BCUT2D eigenvalue weighted by Crippen LogP contribution is -2.00. The van der Waals surface area contributed by atoms with Gasteiger partial charge in [-0.1, -0.05) is 12.1 Å². The predicted molar refractivity (Wildman–Crippen MR) is 78.6 cm³/mol. The molecule has 100 valence electrons. The van der Waals surface area contributed by atoms with Gasteiger partial charge in [0, 0.05) is 23.6 Å². The number of nitrogens with one attached hydrogen (secondary N) is 1. The molecule has 4 heteroatoms. The minimum absolute atomic E-state index is 0.204. The topological polar surface area (TPSA) is 45.1 Å². The van der Waals surface area contributed by atoms with Crippen LogP contribution in [-0.2, 0) is 13.0 Å². The molecule has 0 bridgehead atoms. The van der Waals surface area contributed by atoms with Crippen LogP contribution in [0.4, 0.5) is 5.69 Å². The Bertz CT molecular complexity index is 531. The van der Waals surface area contributed by atoms with Crippen LogP contribution in [0.1, 0.15) is 35.0 Å². The molecule has 1 aliphatic carbocycles.